The number of ether oxygens (including phenoxy) is 1. The maximum absolute atomic E-state index is 12.3. The van der Waals surface area contributed by atoms with Crippen LogP contribution in [0.2, 0.25) is 0 Å². The van der Waals surface area contributed by atoms with Gasteiger partial charge in [0.1, 0.15) is 11.9 Å². The molecule has 20 heavy (non-hydrogen) atoms. The third kappa shape index (κ3) is 2.91. The van der Waals surface area contributed by atoms with Crippen molar-refractivity contribution in [3.63, 3.8) is 0 Å². The molecule has 0 radical (unpaired) electrons. The summed E-state index contributed by atoms with van der Waals surface area (Å²) in [5, 5.41) is 2.00. The first-order valence-electron chi connectivity index (χ1n) is 6.65. The van der Waals surface area contributed by atoms with Gasteiger partial charge in [0.05, 0.1) is 19.6 Å². The van der Waals surface area contributed by atoms with Crippen molar-refractivity contribution in [3.05, 3.63) is 40.1 Å². The summed E-state index contributed by atoms with van der Waals surface area (Å²) in [7, 11) is 0. The topological polar surface area (TPSA) is 58.2 Å². The second-order valence-corrected chi connectivity index (χ2v) is 5.94. The molecule has 1 amide bonds. The van der Waals surface area contributed by atoms with Gasteiger partial charge in [-0.2, -0.15) is 0 Å². The molecule has 106 valence electrons. The second kappa shape index (κ2) is 5.76. The largest absolute Gasteiger partial charge is 0.367 e. The zero-order valence-corrected chi connectivity index (χ0v) is 12.2. The number of thiophene rings is 1. The van der Waals surface area contributed by atoms with Gasteiger partial charge < -0.3 is 14.6 Å². The lowest BCUT2D eigenvalue weighted by atomic mass is 10.2. The molecular formula is C14H17N3O2S. The monoisotopic (exact) mass is 291 g/mol. The van der Waals surface area contributed by atoms with Crippen molar-refractivity contribution in [2.45, 2.75) is 19.4 Å². The number of imidazole rings is 1. The van der Waals surface area contributed by atoms with Gasteiger partial charge in [-0.3, -0.25) is 4.79 Å². The van der Waals surface area contributed by atoms with Crippen LogP contribution < -0.4 is 0 Å². The number of amides is 1. The summed E-state index contributed by atoms with van der Waals surface area (Å²) in [6, 6.07) is 3.97. The number of aromatic nitrogens is 2. The van der Waals surface area contributed by atoms with Gasteiger partial charge >= 0.3 is 0 Å². The molecule has 1 aliphatic heterocycles. The van der Waals surface area contributed by atoms with Crippen LogP contribution in [0.3, 0.4) is 0 Å². The van der Waals surface area contributed by atoms with Crippen molar-refractivity contribution in [1.29, 1.82) is 0 Å². The van der Waals surface area contributed by atoms with E-state index in [0.29, 0.717) is 26.1 Å². The van der Waals surface area contributed by atoms with Crippen LogP contribution in [0.15, 0.2) is 23.7 Å². The number of hydrogen-bond acceptors (Lipinski definition) is 4. The lowest BCUT2D eigenvalue weighted by molar-refractivity contribution is -0.138. The zero-order chi connectivity index (χ0) is 13.9. The van der Waals surface area contributed by atoms with Gasteiger partial charge in [-0.05, 0) is 18.4 Å². The van der Waals surface area contributed by atoms with E-state index in [1.165, 1.54) is 0 Å². The molecule has 2 aromatic heterocycles. The molecule has 1 fully saturated rings. The molecule has 0 bridgehead atoms. The molecule has 3 rings (SSSR count). The van der Waals surface area contributed by atoms with Crippen molar-refractivity contribution in [2.75, 3.05) is 19.7 Å². The SMILES string of the molecule is Cc1cnc([C@@H]2CN(C(=O)Cc3cccs3)CCO2)[nH]1. The summed E-state index contributed by atoms with van der Waals surface area (Å²) >= 11 is 1.62. The van der Waals surface area contributed by atoms with Crippen molar-refractivity contribution in [2.24, 2.45) is 0 Å². The number of hydrogen-bond donors (Lipinski definition) is 1. The summed E-state index contributed by atoms with van der Waals surface area (Å²) in [5.74, 6) is 0.958. The van der Waals surface area contributed by atoms with Gasteiger partial charge in [0.25, 0.3) is 0 Å². The third-order valence-corrected chi connectivity index (χ3v) is 4.23. The molecule has 0 aliphatic carbocycles. The second-order valence-electron chi connectivity index (χ2n) is 4.91. The van der Waals surface area contributed by atoms with Crippen molar-refractivity contribution < 1.29 is 9.53 Å². The number of aromatic amines is 1. The van der Waals surface area contributed by atoms with Crippen LogP contribution in [0.4, 0.5) is 0 Å². The summed E-state index contributed by atoms with van der Waals surface area (Å²) in [6.45, 7) is 3.73. The van der Waals surface area contributed by atoms with Gasteiger partial charge in [-0.1, -0.05) is 6.07 Å². The first kappa shape index (κ1) is 13.3. The fourth-order valence-electron chi connectivity index (χ4n) is 2.31. The van der Waals surface area contributed by atoms with Crippen LogP contribution in [0.5, 0.6) is 0 Å². The van der Waals surface area contributed by atoms with E-state index in [1.807, 2.05) is 29.3 Å². The van der Waals surface area contributed by atoms with Crippen molar-refractivity contribution >= 4 is 17.2 Å². The zero-order valence-electron chi connectivity index (χ0n) is 11.3. The van der Waals surface area contributed by atoms with Crippen LogP contribution in [-0.2, 0) is 16.0 Å². The van der Waals surface area contributed by atoms with E-state index >= 15 is 0 Å². The Morgan fingerprint density at radius 2 is 2.55 bits per heavy atom. The number of H-pyrrole nitrogens is 1. The van der Waals surface area contributed by atoms with Crippen molar-refractivity contribution in [1.82, 2.24) is 14.9 Å². The Morgan fingerprint density at radius 1 is 1.65 bits per heavy atom. The Hall–Kier alpha value is -1.66. The Bertz CT molecular complexity index is 579. The molecule has 6 heteroatoms. The Balaban J connectivity index is 1.64. The number of rotatable bonds is 3. The molecule has 1 saturated heterocycles. The molecule has 1 N–H and O–H groups in total. The average Bonchev–Trinajstić information content (AvgIpc) is 3.10. The van der Waals surface area contributed by atoms with E-state index in [-0.39, 0.29) is 12.0 Å². The molecule has 2 aromatic rings. The van der Waals surface area contributed by atoms with Crippen LogP contribution >= 0.6 is 11.3 Å². The highest BCUT2D eigenvalue weighted by molar-refractivity contribution is 7.10. The minimum atomic E-state index is -0.148. The van der Waals surface area contributed by atoms with Gasteiger partial charge in [-0.15, -0.1) is 11.3 Å². The number of carbonyl (C=O) groups excluding carboxylic acids is 1. The molecule has 0 saturated carbocycles. The molecular weight excluding hydrogens is 274 g/mol. The van der Waals surface area contributed by atoms with E-state index in [2.05, 4.69) is 9.97 Å². The predicted molar refractivity (Wildman–Crippen MR) is 76.6 cm³/mol. The van der Waals surface area contributed by atoms with Gasteiger partial charge in [0, 0.05) is 23.3 Å². The highest BCUT2D eigenvalue weighted by Gasteiger charge is 2.27. The van der Waals surface area contributed by atoms with Crippen LogP contribution in [0.1, 0.15) is 22.5 Å². The number of nitrogens with zero attached hydrogens (tertiary/aromatic N) is 2. The molecule has 1 atom stereocenters. The Labute approximate surface area is 121 Å². The van der Waals surface area contributed by atoms with E-state index in [0.717, 1.165) is 16.4 Å². The minimum Gasteiger partial charge on any atom is -0.367 e. The van der Waals surface area contributed by atoms with Crippen LogP contribution in [-0.4, -0.2) is 40.5 Å². The Kier molecular flexibility index (Phi) is 3.84. The average molecular weight is 291 g/mol. The number of nitrogens with one attached hydrogen (secondary N) is 1. The van der Waals surface area contributed by atoms with E-state index in [9.17, 15) is 4.79 Å². The summed E-state index contributed by atoms with van der Waals surface area (Å²) < 4.78 is 5.71. The Morgan fingerprint density at radius 3 is 3.25 bits per heavy atom. The quantitative estimate of drug-likeness (QED) is 0.940. The first-order valence-corrected chi connectivity index (χ1v) is 7.53. The summed E-state index contributed by atoms with van der Waals surface area (Å²) in [4.78, 5) is 22.7. The lowest BCUT2D eigenvalue weighted by Gasteiger charge is -2.32. The summed E-state index contributed by atoms with van der Waals surface area (Å²) in [5.41, 5.74) is 1.01. The van der Waals surface area contributed by atoms with Gasteiger partial charge in [-0.25, -0.2) is 4.98 Å². The standard InChI is InChI=1S/C14H17N3O2S/c1-10-8-15-14(16-10)12-9-17(4-5-19-12)13(18)7-11-3-2-6-20-11/h2-3,6,8,12H,4-5,7,9H2,1H3,(H,15,16)/t12-/m0/s1. The van der Waals surface area contributed by atoms with Gasteiger partial charge in [0.2, 0.25) is 5.91 Å². The van der Waals surface area contributed by atoms with Crippen LogP contribution in [0.25, 0.3) is 0 Å². The normalized spacial score (nSPS) is 19.2. The van der Waals surface area contributed by atoms with E-state index in [1.54, 1.807) is 17.5 Å². The highest BCUT2D eigenvalue weighted by Crippen LogP contribution is 2.21. The maximum atomic E-state index is 12.3. The van der Waals surface area contributed by atoms with E-state index in [4.69, 9.17) is 4.74 Å². The predicted octanol–water partition coefficient (Wildman–Crippen LogP) is 1.92. The minimum absolute atomic E-state index is 0.148. The fraction of sp³-hybridized carbons (Fsp3) is 0.429. The fourth-order valence-corrected chi connectivity index (χ4v) is 3.01. The third-order valence-electron chi connectivity index (χ3n) is 3.35. The number of aryl methyl sites for hydroxylation is 1. The molecule has 5 nitrogen and oxygen atoms in total. The maximum Gasteiger partial charge on any atom is 0.228 e. The molecule has 0 spiro atoms. The molecule has 3 heterocycles. The summed E-state index contributed by atoms with van der Waals surface area (Å²) in [6.07, 6.45) is 2.11. The van der Waals surface area contributed by atoms with E-state index < -0.39 is 0 Å². The van der Waals surface area contributed by atoms with Crippen LogP contribution in [0, 0.1) is 6.92 Å². The molecule has 0 aromatic carbocycles. The molecule has 0 unspecified atom stereocenters. The van der Waals surface area contributed by atoms with Crippen molar-refractivity contribution in [3.8, 4) is 0 Å². The number of carbonyl (C=O) groups is 1. The first-order chi connectivity index (χ1) is 9.72. The van der Waals surface area contributed by atoms with Gasteiger partial charge in [0.15, 0.2) is 0 Å². The smallest absolute Gasteiger partial charge is 0.228 e. The molecule has 1 aliphatic rings. The number of morpholine rings is 1. The lowest BCUT2D eigenvalue weighted by Crippen LogP contribution is -2.43. The highest BCUT2D eigenvalue weighted by atomic mass is 32.1.